The van der Waals surface area contributed by atoms with Crippen molar-refractivity contribution in [2.24, 2.45) is 0 Å². The van der Waals surface area contributed by atoms with Crippen LogP contribution in [0.4, 0.5) is 0 Å². The zero-order chi connectivity index (χ0) is 37.8. The normalized spacial score (nSPS) is 9.96. The Morgan fingerprint density at radius 1 is 0.273 bits per heavy atom. The van der Waals surface area contributed by atoms with E-state index < -0.39 is 0 Å². The number of pyridine rings is 6. The molecule has 0 amide bonds. The molecule has 0 saturated heterocycles. The van der Waals surface area contributed by atoms with Crippen LogP contribution in [0.1, 0.15) is 0 Å². The van der Waals surface area contributed by atoms with Crippen molar-refractivity contribution in [3.63, 3.8) is 0 Å². The van der Waals surface area contributed by atoms with Gasteiger partial charge in [-0.2, -0.15) is 0 Å². The van der Waals surface area contributed by atoms with E-state index in [1.54, 1.807) is 37.2 Å². The zero-order valence-corrected chi connectivity index (χ0v) is 42.0. The standard InChI is InChI=1S/2C18H12N6.2I3.Mn/c2*1-4-10-19-13(7-1)16-22-17(14-8-2-5-11-20-14)24-18(23-16)15-9-3-6-12-21-15;2*1-3-2;/h2*1-12H;;;/q;;2*-1;+2. The van der Waals surface area contributed by atoms with Gasteiger partial charge in [0.05, 0.1) is 0 Å². The molecule has 0 atom stereocenters. The Bertz CT molecular complexity index is 1840. The summed E-state index contributed by atoms with van der Waals surface area (Å²) in [4.78, 5) is 53.1. The fourth-order valence-electron chi connectivity index (χ4n) is 4.41. The number of aromatic nitrogens is 12. The first kappa shape index (κ1) is 45.5. The molecule has 8 aromatic rings. The van der Waals surface area contributed by atoms with E-state index in [1.165, 1.54) is 0 Å². The maximum atomic E-state index is 4.52. The predicted molar refractivity (Wildman–Crippen MR) is 235 cm³/mol. The van der Waals surface area contributed by atoms with Gasteiger partial charge in [0, 0.05) is 37.2 Å². The molecule has 8 aromatic heterocycles. The molecule has 0 spiro atoms. The molecule has 19 heteroatoms. The van der Waals surface area contributed by atoms with Gasteiger partial charge in [0.2, 0.25) is 0 Å². The molecule has 0 N–H and O–H groups in total. The Morgan fingerprint density at radius 3 is 0.527 bits per heavy atom. The Kier molecular flexibility index (Phi) is 21.5. The minimum absolute atomic E-state index is 0. The third-order valence-corrected chi connectivity index (χ3v) is 6.63. The second-order valence-corrected chi connectivity index (χ2v) is 42.5. The molecule has 8 heterocycles. The Hall–Kier alpha value is -2.18. The SMILES string of the molecule is I[I-]I.I[I-]I.[Mn+2].c1ccc(-c2nc(-c3ccccn3)nc(-c3ccccn3)n2)nc1.c1ccc(-c2nc(-c3ccccn3)nc(-c3ccccn3)n2)nc1. The number of nitrogens with zero attached hydrogens (tertiary/aromatic N) is 12. The smallest absolute Gasteiger partial charge is 0.253 e. The molecule has 277 valence electrons. The van der Waals surface area contributed by atoms with Crippen molar-refractivity contribution in [2.45, 2.75) is 0 Å². The molecule has 0 fully saturated rings. The van der Waals surface area contributed by atoms with E-state index in [-0.39, 0.29) is 17.1 Å². The third kappa shape index (κ3) is 14.6. The Morgan fingerprint density at radius 2 is 0.418 bits per heavy atom. The van der Waals surface area contributed by atoms with Crippen molar-refractivity contribution < 1.29 is 43.6 Å². The van der Waals surface area contributed by atoms with Crippen LogP contribution in [0.3, 0.4) is 0 Å². The van der Waals surface area contributed by atoms with E-state index in [0.29, 0.717) is 95.6 Å². The summed E-state index contributed by atoms with van der Waals surface area (Å²) in [5, 5.41) is 0. The number of rotatable bonds is 6. The van der Waals surface area contributed by atoms with Gasteiger partial charge in [-0.05, 0) is 72.8 Å². The largest absolute Gasteiger partial charge is 2.00 e. The fourth-order valence-corrected chi connectivity index (χ4v) is 4.41. The summed E-state index contributed by atoms with van der Waals surface area (Å²) in [5.41, 5.74) is 4.05. The van der Waals surface area contributed by atoms with Gasteiger partial charge in [0.25, 0.3) is 0 Å². The van der Waals surface area contributed by atoms with Crippen LogP contribution in [0.25, 0.3) is 69.1 Å². The molecule has 0 aliphatic heterocycles. The predicted octanol–water partition coefficient (Wildman–Crippen LogP) is 3.66. The number of hydrogen-bond donors (Lipinski definition) is 0. The van der Waals surface area contributed by atoms with E-state index in [4.69, 9.17) is 0 Å². The van der Waals surface area contributed by atoms with Crippen molar-refractivity contribution >= 4 is 74.5 Å². The summed E-state index contributed by atoms with van der Waals surface area (Å²) in [6.07, 6.45) is 10.3. The van der Waals surface area contributed by atoms with Gasteiger partial charge < -0.3 is 0 Å². The summed E-state index contributed by atoms with van der Waals surface area (Å²) in [7, 11) is 0. The van der Waals surface area contributed by atoms with Crippen LogP contribution in [-0.4, -0.2) is 59.8 Å². The summed E-state index contributed by atoms with van der Waals surface area (Å²) in [6.45, 7) is 0. The number of halogens is 6. The van der Waals surface area contributed by atoms with Gasteiger partial charge in [-0.25, -0.2) is 29.9 Å². The van der Waals surface area contributed by atoms with Crippen LogP contribution in [0.2, 0.25) is 0 Å². The average molecular weight is 1440 g/mol. The maximum absolute atomic E-state index is 4.52. The minimum Gasteiger partial charge on any atom is -0.253 e. The molecular weight excluding hydrogens is 1420 g/mol. The van der Waals surface area contributed by atoms with E-state index in [9.17, 15) is 0 Å². The van der Waals surface area contributed by atoms with E-state index in [0.717, 1.165) is 0 Å². The van der Waals surface area contributed by atoms with Gasteiger partial charge in [0.1, 0.15) is 34.2 Å². The molecule has 0 unspecified atom stereocenters. The first-order chi connectivity index (χ1) is 26.6. The average Bonchev–Trinajstić information content (AvgIpc) is 3.26. The second kappa shape index (κ2) is 25.9. The van der Waals surface area contributed by atoms with E-state index in [1.807, 2.05) is 109 Å². The van der Waals surface area contributed by atoms with Gasteiger partial charge in [-0.1, -0.05) is 36.4 Å². The maximum Gasteiger partial charge on any atom is 2.00 e. The van der Waals surface area contributed by atoms with Crippen LogP contribution in [0.5, 0.6) is 0 Å². The van der Waals surface area contributed by atoms with Gasteiger partial charge in [-0.3, -0.25) is 29.9 Å². The molecule has 0 aromatic carbocycles. The fraction of sp³-hybridized carbons (Fsp3) is 0. The molecule has 12 nitrogen and oxygen atoms in total. The number of hydrogen-bond acceptors (Lipinski definition) is 12. The first-order valence-corrected chi connectivity index (χ1v) is 40.5. The van der Waals surface area contributed by atoms with Crippen LogP contribution < -0.4 is 26.5 Å². The minimum atomic E-state index is 0. The van der Waals surface area contributed by atoms with E-state index in [2.05, 4.69) is 134 Å². The van der Waals surface area contributed by atoms with E-state index >= 15 is 0 Å². The van der Waals surface area contributed by atoms with Gasteiger partial charge >= 0.3 is 118 Å². The molecular formula is C36H24I6MnN12. The summed E-state index contributed by atoms with van der Waals surface area (Å²) in [5.74, 6) is 2.96. The van der Waals surface area contributed by atoms with Crippen LogP contribution in [0.15, 0.2) is 146 Å². The Balaban J connectivity index is 0.000000211. The molecule has 0 bridgehead atoms. The third-order valence-electron chi connectivity index (χ3n) is 6.63. The molecule has 8 rings (SSSR count). The zero-order valence-electron chi connectivity index (χ0n) is 27.9. The molecule has 0 aliphatic carbocycles. The van der Waals surface area contributed by atoms with Crippen molar-refractivity contribution in [3.8, 4) is 69.1 Å². The molecule has 1 radical (unpaired) electrons. The monoisotopic (exact) mass is 1440 g/mol. The van der Waals surface area contributed by atoms with Gasteiger partial charge in [-0.15, -0.1) is 0 Å². The van der Waals surface area contributed by atoms with Crippen molar-refractivity contribution in [1.82, 2.24) is 59.8 Å². The quantitative estimate of drug-likeness (QED) is 0.177. The van der Waals surface area contributed by atoms with Crippen LogP contribution in [-0.2, 0) is 17.1 Å². The topological polar surface area (TPSA) is 155 Å². The summed E-state index contributed by atoms with van der Waals surface area (Å²) >= 11 is 10.6. The summed E-state index contributed by atoms with van der Waals surface area (Å²) in [6, 6.07) is 33.6. The van der Waals surface area contributed by atoms with Gasteiger partial charge in [0.15, 0.2) is 34.9 Å². The van der Waals surface area contributed by atoms with Crippen molar-refractivity contribution in [2.75, 3.05) is 0 Å². The van der Waals surface area contributed by atoms with Crippen LogP contribution >= 0.6 is 74.5 Å². The molecule has 0 saturated carbocycles. The molecule has 55 heavy (non-hydrogen) atoms. The van der Waals surface area contributed by atoms with Crippen molar-refractivity contribution in [1.29, 1.82) is 0 Å². The Labute approximate surface area is 387 Å². The summed E-state index contributed by atoms with van der Waals surface area (Å²) < 4.78 is 0. The molecule has 0 aliphatic rings. The first-order valence-electron chi connectivity index (χ1n) is 15.4. The van der Waals surface area contributed by atoms with Crippen molar-refractivity contribution in [3.05, 3.63) is 146 Å². The van der Waals surface area contributed by atoms with Crippen LogP contribution in [0, 0.1) is 0 Å². The second-order valence-electron chi connectivity index (χ2n) is 10.0.